The van der Waals surface area contributed by atoms with Crippen LogP contribution in [0.3, 0.4) is 0 Å². The van der Waals surface area contributed by atoms with Crippen LogP contribution in [0.4, 0.5) is 0 Å². The molecule has 0 amide bonds. The van der Waals surface area contributed by atoms with Crippen LogP contribution >= 0.6 is 7.82 Å². The van der Waals surface area contributed by atoms with Gasteiger partial charge in [-0.3, -0.25) is 14.2 Å². The molecule has 0 rings (SSSR count). The zero-order chi connectivity index (χ0) is 72.5. The lowest BCUT2D eigenvalue weighted by molar-refractivity contribution is -0.870. The molecule has 2 atom stereocenters. The molecule has 0 N–H and O–H groups in total. The molecule has 0 aliphatic heterocycles. The summed E-state index contributed by atoms with van der Waals surface area (Å²) in [6, 6.07) is 0. The van der Waals surface area contributed by atoms with Gasteiger partial charge in [0, 0.05) is 12.8 Å². The van der Waals surface area contributed by atoms with E-state index in [2.05, 4.69) is 184 Å². The number of likely N-dealkylation sites (N-methyl/N-ethyl adjacent to an activating group) is 1. The molecule has 100 heavy (non-hydrogen) atoms. The Morgan fingerprint density at radius 1 is 0.310 bits per heavy atom. The predicted octanol–water partition coefficient (Wildman–Crippen LogP) is 27.0. The molecule has 10 heteroatoms. The average Bonchev–Trinajstić information content (AvgIpc) is 1.30. The average molecular weight is 1410 g/mol. The van der Waals surface area contributed by atoms with E-state index in [0.717, 1.165) is 128 Å². The lowest BCUT2D eigenvalue weighted by Crippen LogP contribution is -2.37. The molecular formula is C90H152NO8P. The maximum atomic E-state index is 12.9. The number of esters is 2. The van der Waals surface area contributed by atoms with Crippen molar-refractivity contribution >= 4 is 19.8 Å². The van der Waals surface area contributed by atoms with Crippen LogP contribution in [0.5, 0.6) is 0 Å². The molecule has 0 heterocycles. The van der Waals surface area contributed by atoms with Crippen molar-refractivity contribution in [3.8, 4) is 0 Å². The summed E-state index contributed by atoms with van der Waals surface area (Å²) in [7, 11) is 1.16. The molecular weight excluding hydrogens is 1250 g/mol. The van der Waals surface area contributed by atoms with Crippen molar-refractivity contribution < 1.29 is 42.1 Å². The minimum atomic E-state index is -4.65. The largest absolute Gasteiger partial charge is 0.756 e. The molecule has 0 saturated heterocycles. The van der Waals surface area contributed by atoms with E-state index in [-0.39, 0.29) is 32.0 Å². The zero-order valence-electron chi connectivity index (χ0n) is 65.1. The van der Waals surface area contributed by atoms with Gasteiger partial charge in [0.1, 0.15) is 19.8 Å². The molecule has 9 nitrogen and oxygen atoms in total. The van der Waals surface area contributed by atoms with Gasteiger partial charge in [-0.05, 0) is 128 Å². The number of carbonyl (C=O) groups is 2. The van der Waals surface area contributed by atoms with Gasteiger partial charge < -0.3 is 27.9 Å². The number of phosphoric ester groups is 1. The minimum absolute atomic E-state index is 0.0356. The van der Waals surface area contributed by atoms with Crippen LogP contribution in [-0.2, 0) is 32.7 Å². The third-order valence-corrected chi connectivity index (χ3v) is 18.2. The molecule has 2 unspecified atom stereocenters. The molecule has 0 fully saturated rings. The fourth-order valence-corrected chi connectivity index (χ4v) is 11.8. The molecule has 0 aromatic heterocycles. The van der Waals surface area contributed by atoms with Crippen molar-refractivity contribution in [2.75, 3.05) is 47.5 Å². The fraction of sp³-hybridized carbons (Fsp3) is 0.667. The molecule has 0 aliphatic rings. The van der Waals surface area contributed by atoms with Crippen molar-refractivity contribution in [3.05, 3.63) is 170 Å². The summed E-state index contributed by atoms with van der Waals surface area (Å²) < 4.78 is 34.4. The van der Waals surface area contributed by atoms with Crippen LogP contribution in [0, 0.1) is 0 Å². The highest BCUT2D eigenvalue weighted by molar-refractivity contribution is 7.45. The second-order valence-corrected chi connectivity index (χ2v) is 29.4. The van der Waals surface area contributed by atoms with E-state index >= 15 is 0 Å². The van der Waals surface area contributed by atoms with Gasteiger partial charge in [-0.15, -0.1) is 0 Å². The number of phosphoric acid groups is 1. The highest BCUT2D eigenvalue weighted by atomic mass is 31.2. The summed E-state index contributed by atoms with van der Waals surface area (Å²) in [6.45, 7) is 4.03. The topological polar surface area (TPSA) is 111 Å². The van der Waals surface area contributed by atoms with Gasteiger partial charge in [-0.25, -0.2) is 0 Å². The monoisotopic (exact) mass is 1410 g/mol. The van der Waals surface area contributed by atoms with Gasteiger partial charge in [0.15, 0.2) is 6.10 Å². The molecule has 0 bridgehead atoms. The van der Waals surface area contributed by atoms with Gasteiger partial charge in [-0.2, -0.15) is 0 Å². The number of ether oxygens (including phenoxy) is 2. The number of carbonyl (C=O) groups excluding carboxylic acids is 2. The Hall–Kier alpha value is -4.63. The molecule has 0 aliphatic carbocycles. The molecule has 570 valence electrons. The minimum Gasteiger partial charge on any atom is -0.756 e. The molecule has 0 radical (unpaired) electrons. The van der Waals surface area contributed by atoms with Crippen molar-refractivity contribution in [1.29, 1.82) is 0 Å². The lowest BCUT2D eigenvalue weighted by Gasteiger charge is -2.28. The second kappa shape index (κ2) is 78.5. The Kier molecular flexibility index (Phi) is 74.9. The van der Waals surface area contributed by atoms with Gasteiger partial charge in [-0.1, -0.05) is 364 Å². The van der Waals surface area contributed by atoms with Crippen LogP contribution in [0.2, 0.25) is 0 Å². The van der Waals surface area contributed by atoms with Crippen LogP contribution in [0.15, 0.2) is 170 Å². The first-order valence-corrected chi connectivity index (χ1v) is 42.3. The van der Waals surface area contributed by atoms with Crippen molar-refractivity contribution in [2.24, 2.45) is 0 Å². The number of hydrogen-bond donors (Lipinski definition) is 0. The smallest absolute Gasteiger partial charge is 0.306 e. The van der Waals surface area contributed by atoms with E-state index in [9.17, 15) is 19.0 Å². The van der Waals surface area contributed by atoms with E-state index in [1.807, 2.05) is 21.1 Å². The Morgan fingerprint density at radius 3 is 0.800 bits per heavy atom. The van der Waals surface area contributed by atoms with Crippen LogP contribution in [0.1, 0.15) is 335 Å². The predicted molar refractivity (Wildman–Crippen MR) is 433 cm³/mol. The quantitative estimate of drug-likeness (QED) is 0.0195. The Morgan fingerprint density at radius 2 is 0.540 bits per heavy atom. The van der Waals surface area contributed by atoms with Crippen molar-refractivity contribution in [3.63, 3.8) is 0 Å². The molecule has 0 aromatic rings. The first kappa shape index (κ1) is 95.4. The lowest BCUT2D eigenvalue weighted by atomic mass is 10.0. The van der Waals surface area contributed by atoms with Gasteiger partial charge >= 0.3 is 11.9 Å². The summed E-state index contributed by atoms with van der Waals surface area (Å²) in [5.41, 5.74) is 0. The number of allylic oxidation sites excluding steroid dienone is 28. The Labute approximate surface area is 617 Å². The second-order valence-electron chi connectivity index (χ2n) is 28.0. The highest BCUT2D eigenvalue weighted by Crippen LogP contribution is 2.38. The normalized spacial score (nSPS) is 13.9. The molecule has 0 spiro atoms. The van der Waals surface area contributed by atoms with E-state index in [1.165, 1.54) is 173 Å². The van der Waals surface area contributed by atoms with E-state index in [4.69, 9.17) is 18.5 Å². The van der Waals surface area contributed by atoms with E-state index < -0.39 is 26.5 Å². The molecule has 0 aromatic carbocycles. The Balaban J connectivity index is 3.99. The Bertz CT molecular complexity index is 2300. The number of quaternary nitrogens is 1. The number of hydrogen-bond acceptors (Lipinski definition) is 8. The van der Waals surface area contributed by atoms with Crippen molar-refractivity contribution in [2.45, 2.75) is 341 Å². The SMILES string of the molecule is CC/C=C\C/C=C\C/C=C\C/C=C\C/C=C\C/C=C\C/C=C\C/C=C\CCCCCCCCCCCCCCCCCCC(=O)OC(COC(=O)CCCCCCCCCCCCCCCCCC/C=C\C/C=C\C/C=C\C/C=C\C/C=C\C/C=C\CC)COP(=O)([O-])OCC[N+](C)(C)C. The maximum Gasteiger partial charge on any atom is 0.306 e. The first-order chi connectivity index (χ1) is 49.0. The van der Waals surface area contributed by atoms with Gasteiger partial charge in [0.05, 0.1) is 27.7 Å². The third-order valence-electron chi connectivity index (χ3n) is 17.2. The number of rotatable bonds is 74. The first-order valence-electron chi connectivity index (χ1n) is 40.8. The summed E-state index contributed by atoms with van der Waals surface area (Å²) in [4.78, 5) is 38.2. The number of unbranched alkanes of at least 4 members (excludes halogenated alkanes) is 32. The van der Waals surface area contributed by atoms with E-state index in [0.29, 0.717) is 17.4 Å². The fourth-order valence-electron chi connectivity index (χ4n) is 11.1. The maximum absolute atomic E-state index is 12.9. The van der Waals surface area contributed by atoms with E-state index in [1.54, 1.807) is 0 Å². The number of nitrogens with zero attached hydrogens (tertiary/aromatic N) is 1. The highest BCUT2D eigenvalue weighted by Gasteiger charge is 2.22. The van der Waals surface area contributed by atoms with Gasteiger partial charge in [0.2, 0.25) is 0 Å². The van der Waals surface area contributed by atoms with Crippen molar-refractivity contribution in [1.82, 2.24) is 0 Å². The van der Waals surface area contributed by atoms with Crippen LogP contribution in [0.25, 0.3) is 0 Å². The summed E-state index contributed by atoms with van der Waals surface area (Å²) >= 11 is 0. The standard InChI is InChI=1S/C90H152NO8P/c1-6-8-10-12-14-16-18-20-22-24-26-28-30-32-34-36-38-40-42-43-44-45-46-47-49-51-53-55-57-59-61-63-65-67-69-71-73-75-77-79-81-83-90(93)99-88(87-98-100(94,95)97-85-84-91(3,4)5)86-96-89(92)82-80-78-76-74-72-70-68-66-64-62-60-58-56-54-52-50-48-41-39-37-35-33-31-29-27-25-23-21-19-17-15-13-11-9-7-2/h8-11,14-17,20-23,26-29,32-35,38-41,43-44,46-47,88H,6-7,12-13,18-19,24-25,30-31,36-37,42,45,48-87H2,1-5H3/b10-8-,11-9-,16-14-,17-15-,22-20-,23-21-,28-26-,29-27-,34-32-,35-33-,40-38-,41-39-,44-43-,47-46-. The summed E-state index contributed by atoms with van der Waals surface area (Å²) in [6.07, 6.45) is 119. The van der Waals surface area contributed by atoms with Crippen LogP contribution < -0.4 is 4.89 Å². The zero-order valence-corrected chi connectivity index (χ0v) is 66.0. The molecule has 0 saturated carbocycles. The third kappa shape index (κ3) is 82.3. The summed E-state index contributed by atoms with van der Waals surface area (Å²) in [5.74, 6) is -0.829. The van der Waals surface area contributed by atoms with Gasteiger partial charge in [0.25, 0.3) is 7.82 Å². The summed E-state index contributed by atoms with van der Waals surface area (Å²) in [5, 5.41) is 0. The van der Waals surface area contributed by atoms with Crippen LogP contribution in [-0.4, -0.2) is 70.0 Å².